The van der Waals surface area contributed by atoms with Gasteiger partial charge in [-0.25, -0.2) is 8.78 Å². The fraction of sp³-hybridized carbons (Fsp3) is 0.412. The summed E-state index contributed by atoms with van der Waals surface area (Å²) < 4.78 is 34.1. The van der Waals surface area contributed by atoms with Crippen molar-refractivity contribution in [3.63, 3.8) is 0 Å². The minimum atomic E-state index is -1.02. The van der Waals surface area contributed by atoms with Crippen molar-refractivity contribution in [1.82, 2.24) is 14.7 Å². The zero-order valence-electron chi connectivity index (χ0n) is 13.6. The number of hydrogen-bond donors (Lipinski definition) is 0. The Balaban J connectivity index is 1.97. The maximum atomic E-state index is 13.6. The second-order valence-electron chi connectivity index (χ2n) is 5.96. The van der Waals surface area contributed by atoms with Crippen molar-refractivity contribution >= 4 is 5.91 Å². The van der Waals surface area contributed by atoms with Gasteiger partial charge in [-0.3, -0.25) is 9.48 Å². The average Bonchev–Trinajstić information content (AvgIpc) is 2.92. The number of nitrogens with zero attached hydrogens (tertiary/aromatic N) is 3. The lowest BCUT2D eigenvalue weighted by atomic mass is 10.0. The smallest absolute Gasteiger partial charge is 0.254 e. The highest BCUT2D eigenvalue weighted by atomic mass is 19.2. The monoisotopic (exact) mass is 335 g/mol. The second kappa shape index (κ2) is 6.68. The van der Waals surface area contributed by atoms with Crippen LogP contribution in [0.2, 0.25) is 0 Å². The molecule has 5 nitrogen and oxygen atoms in total. The van der Waals surface area contributed by atoms with E-state index in [9.17, 15) is 13.6 Å². The van der Waals surface area contributed by atoms with Crippen molar-refractivity contribution in [1.29, 1.82) is 0 Å². The van der Waals surface area contributed by atoms with Crippen LogP contribution in [0.25, 0.3) is 0 Å². The van der Waals surface area contributed by atoms with Crippen molar-refractivity contribution in [2.24, 2.45) is 0 Å². The molecule has 128 valence electrons. The third kappa shape index (κ3) is 3.03. The van der Waals surface area contributed by atoms with Crippen molar-refractivity contribution < 1.29 is 18.3 Å². The Morgan fingerprint density at radius 2 is 2.12 bits per heavy atom. The van der Waals surface area contributed by atoms with E-state index >= 15 is 0 Å². The van der Waals surface area contributed by atoms with Crippen molar-refractivity contribution in [3.05, 3.63) is 52.9 Å². The lowest BCUT2D eigenvalue weighted by Gasteiger charge is -2.29. The summed E-state index contributed by atoms with van der Waals surface area (Å²) in [6.07, 6.45) is 2.37. The van der Waals surface area contributed by atoms with Crippen molar-refractivity contribution in [2.75, 3.05) is 13.7 Å². The predicted octanol–water partition coefficient (Wildman–Crippen LogP) is 2.53. The number of benzene rings is 1. The van der Waals surface area contributed by atoms with E-state index in [-0.39, 0.29) is 17.5 Å². The van der Waals surface area contributed by atoms with E-state index in [0.29, 0.717) is 31.7 Å². The Bertz CT molecular complexity index is 760. The summed E-state index contributed by atoms with van der Waals surface area (Å²) >= 11 is 0. The third-order valence-corrected chi connectivity index (χ3v) is 4.37. The van der Waals surface area contributed by atoms with Gasteiger partial charge in [-0.15, -0.1) is 0 Å². The van der Waals surface area contributed by atoms with Gasteiger partial charge < -0.3 is 9.64 Å². The van der Waals surface area contributed by atoms with E-state index in [2.05, 4.69) is 5.10 Å². The second-order valence-corrected chi connectivity index (χ2v) is 5.96. The predicted molar refractivity (Wildman–Crippen MR) is 83.5 cm³/mol. The van der Waals surface area contributed by atoms with Gasteiger partial charge in [0.2, 0.25) is 0 Å². The molecular weight excluding hydrogens is 316 g/mol. The molecule has 1 aromatic heterocycles. The highest BCUT2D eigenvalue weighted by Crippen LogP contribution is 2.23. The topological polar surface area (TPSA) is 47.4 Å². The number of amides is 1. The van der Waals surface area contributed by atoms with Crippen LogP contribution in [0.3, 0.4) is 0 Å². The van der Waals surface area contributed by atoms with E-state index in [1.54, 1.807) is 25.1 Å². The first kappa shape index (κ1) is 16.6. The van der Waals surface area contributed by atoms with E-state index in [0.717, 1.165) is 17.8 Å². The number of ether oxygens (including phenoxy) is 1. The number of halogens is 2. The van der Waals surface area contributed by atoms with Gasteiger partial charge in [0.1, 0.15) is 0 Å². The molecule has 1 aliphatic rings. The molecule has 24 heavy (non-hydrogen) atoms. The Labute approximate surface area is 138 Å². The fourth-order valence-corrected chi connectivity index (χ4v) is 3.06. The number of aryl methyl sites for hydroxylation is 2. The lowest BCUT2D eigenvalue weighted by molar-refractivity contribution is 0.0501. The summed E-state index contributed by atoms with van der Waals surface area (Å²) in [5.74, 6) is -2.30. The molecule has 0 spiro atoms. The van der Waals surface area contributed by atoms with Gasteiger partial charge in [0.05, 0.1) is 24.9 Å². The van der Waals surface area contributed by atoms with E-state index in [1.165, 1.54) is 0 Å². The molecule has 2 heterocycles. The summed E-state index contributed by atoms with van der Waals surface area (Å²) in [6, 6.07) is 3.72. The van der Waals surface area contributed by atoms with Crippen molar-refractivity contribution in [2.45, 2.75) is 32.5 Å². The molecule has 0 saturated carbocycles. The largest absolute Gasteiger partial charge is 0.383 e. The molecule has 1 aliphatic heterocycles. The minimum Gasteiger partial charge on any atom is -0.383 e. The number of carbonyl (C=O) groups excluding carboxylic acids is 1. The van der Waals surface area contributed by atoms with Crippen LogP contribution >= 0.6 is 0 Å². The van der Waals surface area contributed by atoms with Gasteiger partial charge in [-0.05, 0) is 37.1 Å². The maximum absolute atomic E-state index is 13.6. The first-order valence-electron chi connectivity index (χ1n) is 7.77. The molecule has 0 bridgehead atoms. The molecular formula is C17H19F2N3O2. The first-order valence-corrected chi connectivity index (χ1v) is 7.77. The Hall–Kier alpha value is -2.28. The van der Waals surface area contributed by atoms with E-state index < -0.39 is 11.6 Å². The van der Waals surface area contributed by atoms with Crippen LogP contribution in [0.1, 0.15) is 28.0 Å². The van der Waals surface area contributed by atoms with Crippen LogP contribution in [-0.4, -0.2) is 40.3 Å². The molecule has 1 aromatic carbocycles. The Kier molecular flexibility index (Phi) is 4.62. The van der Waals surface area contributed by atoms with Crippen molar-refractivity contribution in [3.8, 4) is 0 Å². The molecule has 0 aliphatic carbocycles. The molecule has 3 rings (SSSR count). The number of methoxy groups -OCH3 is 1. The number of carbonyl (C=O) groups is 1. The molecule has 7 heteroatoms. The number of hydrogen-bond acceptors (Lipinski definition) is 3. The maximum Gasteiger partial charge on any atom is 0.254 e. The van der Waals surface area contributed by atoms with Gasteiger partial charge >= 0.3 is 0 Å². The summed E-state index contributed by atoms with van der Waals surface area (Å²) in [4.78, 5) is 14.7. The number of fused-ring (bicyclic) bond motifs is 1. The van der Waals surface area contributed by atoms with Crippen LogP contribution in [-0.2, 0) is 17.8 Å². The van der Waals surface area contributed by atoms with E-state index in [1.807, 2.05) is 10.7 Å². The molecule has 0 unspecified atom stereocenters. The number of aromatic nitrogens is 2. The normalized spacial score (nSPS) is 17.5. The highest BCUT2D eigenvalue weighted by molar-refractivity contribution is 5.95. The average molecular weight is 335 g/mol. The van der Waals surface area contributed by atoms with Crippen LogP contribution in [0.4, 0.5) is 8.78 Å². The fourth-order valence-electron chi connectivity index (χ4n) is 3.06. The molecule has 1 atom stereocenters. The summed E-state index contributed by atoms with van der Waals surface area (Å²) in [5.41, 5.74) is 1.48. The van der Waals surface area contributed by atoms with Gasteiger partial charge in [-0.1, -0.05) is 0 Å². The molecule has 0 fully saturated rings. The van der Waals surface area contributed by atoms with Crippen LogP contribution in [0.15, 0.2) is 24.4 Å². The quantitative estimate of drug-likeness (QED) is 0.866. The molecule has 1 amide bonds. The first-order chi connectivity index (χ1) is 11.5. The SMILES string of the molecule is COC[C@H]1CCn2nccc2CN1C(=O)c1cc(F)c(F)cc1C. The zero-order chi connectivity index (χ0) is 17.3. The molecule has 0 saturated heterocycles. The minimum absolute atomic E-state index is 0.156. The molecule has 0 N–H and O–H groups in total. The molecule has 2 aromatic rings. The summed E-state index contributed by atoms with van der Waals surface area (Å²) in [5, 5.41) is 4.25. The van der Waals surface area contributed by atoms with Gasteiger partial charge in [-0.2, -0.15) is 5.10 Å². The third-order valence-electron chi connectivity index (χ3n) is 4.37. The number of rotatable bonds is 3. The van der Waals surface area contributed by atoms with Gasteiger partial charge in [0, 0.05) is 25.4 Å². The zero-order valence-corrected chi connectivity index (χ0v) is 13.6. The summed E-state index contributed by atoms with van der Waals surface area (Å²) in [7, 11) is 1.58. The Morgan fingerprint density at radius 3 is 2.88 bits per heavy atom. The van der Waals surface area contributed by atoms with Gasteiger partial charge in [0.25, 0.3) is 5.91 Å². The molecule has 0 radical (unpaired) electrons. The van der Waals surface area contributed by atoms with Gasteiger partial charge in [0.15, 0.2) is 11.6 Å². The van der Waals surface area contributed by atoms with Crippen LogP contribution in [0, 0.1) is 18.6 Å². The highest BCUT2D eigenvalue weighted by Gasteiger charge is 2.30. The van der Waals surface area contributed by atoms with E-state index in [4.69, 9.17) is 4.74 Å². The van der Waals surface area contributed by atoms with Crippen LogP contribution < -0.4 is 0 Å². The summed E-state index contributed by atoms with van der Waals surface area (Å²) in [6.45, 7) is 3.00. The van der Waals surface area contributed by atoms with Crippen LogP contribution in [0.5, 0.6) is 0 Å². The lowest BCUT2D eigenvalue weighted by Crippen LogP contribution is -2.42. The standard InChI is InChI=1S/C17H19F2N3O2/c1-11-7-15(18)16(19)8-14(11)17(23)21-9-12-3-5-20-22(12)6-4-13(21)10-24-2/h3,5,7-8,13H,4,6,9-10H2,1-2H3/t13-/m1/s1. The Morgan fingerprint density at radius 1 is 1.38 bits per heavy atom.